The van der Waals surface area contributed by atoms with Crippen LogP contribution in [0.25, 0.3) is 0 Å². The van der Waals surface area contributed by atoms with E-state index in [1.807, 2.05) is 0 Å². The third kappa shape index (κ3) is 7.34. The van der Waals surface area contributed by atoms with Crippen molar-refractivity contribution in [1.82, 2.24) is 5.32 Å². The first kappa shape index (κ1) is 17.0. The Morgan fingerprint density at radius 3 is 2.81 bits per heavy atom. The van der Waals surface area contributed by atoms with E-state index in [9.17, 15) is 18.0 Å². The molecule has 0 radical (unpaired) electrons. The van der Waals surface area contributed by atoms with E-state index in [1.54, 1.807) is 24.3 Å². The molecular formula is C14H15F3N2O2. The molecule has 21 heavy (non-hydrogen) atoms. The number of rotatable bonds is 5. The second kappa shape index (κ2) is 8.29. The van der Waals surface area contributed by atoms with E-state index in [4.69, 9.17) is 5.73 Å². The molecule has 1 amide bonds. The highest BCUT2D eigenvalue weighted by atomic mass is 19.4. The number of amides is 1. The number of halogens is 3. The fourth-order valence-electron chi connectivity index (χ4n) is 1.42. The maximum absolute atomic E-state index is 11.8. The van der Waals surface area contributed by atoms with Crippen LogP contribution in [0.2, 0.25) is 0 Å². The minimum absolute atomic E-state index is 0.00633. The second-order valence-corrected chi connectivity index (χ2v) is 4.01. The van der Waals surface area contributed by atoms with Gasteiger partial charge in [0.15, 0.2) is 0 Å². The molecule has 0 unspecified atom stereocenters. The van der Waals surface area contributed by atoms with Crippen LogP contribution in [0.5, 0.6) is 0 Å². The standard InChI is InChI=1S/C14H15F3N2O2/c15-14(16,17)10-21-8-7-19-13(20)12-5-1-3-11(9-12)4-2-6-18/h1,3,5,9H,6-8,10,18H2,(H,19,20). The van der Waals surface area contributed by atoms with E-state index in [0.29, 0.717) is 11.1 Å². The van der Waals surface area contributed by atoms with Gasteiger partial charge in [-0.1, -0.05) is 17.9 Å². The lowest BCUT2D eigenvalue weighted by Gasteiger charge is -2.08. The van der Waals surface area contributed by atoms with Gasteiger partial charge in [-0.15, -0.1) is 0 Å². The normalized spacial score (nSPS) is 10.7. The maximum atomic E-state index is 11.8. The Morgan fingerprint density at radius 2 is 2.14 bits per heavy atom. The summed E-state index contributed by atoms with van der Waals surface area (Å²) in [5.41, 5.74) is 6.26. The lowest BCUT2D eigenvalue weighted by atomic mass is 10.1. The van der Waals surface area contributed by atoms with Crippen LogP contribution in [0, 0.1) is 11.8 Å². The van der Waals surface area contributed by atoms with Crippen molar-refractivity contribution in [2.45, 2.75) is 6.18 Å². The lowest BCUT2D eigenvalue weighted by Crippen LogP contribution is -2.28. The monoisotopic (exact) mass is 300 g/mol. The molecule has 1 aromatic carbocycles. The molecular weight excluding hydrogens is 285 g/mol. The molecule has 4 nitrogen and oxygen atoms in total. The Hall–Kier alpha value is -2.04. The molecule has 114 valence electrons. The summed E-state index contributed by atoms with van der Waals surface area (Å²) in [5, 5.41) is 2.46. The van der Waals surface area contributed by atoms with Gasteiger partial charge in [0.2, 0.25) is 0 Å². The summed E-state index contributed by atoms with van der Waals surface area (Å²) in [7, 11) is 0. The van der Waals surface area contributed by atoms with Gasteiger partial charge >= 0.3 is 6.18 Å². The van der Waals surface area contributed by atoms with Gasteiger partial charge in [0.25, 0.3) is 5.91 Å². The summed E-state index contributed by atoms with van der Waals surface area (Å²) in [5.74, 6) is 5.05. The number of carbonyl (C=O) groups is 1. The van der Waals surface area contributed by atoms with Crippen molar-refractivity contribution < 1.29 is 22.7 Å². The van der Waals surface area contributed by atoms with E-state index in [2.05, 4.69) is 21.9 Å². The zero-order chi connectivity index (χ0) is 15.7. The Kier molecular flexibility index (Phi) is 6.72. The molecule has 0 bridgehead atoms. The summed E-state index contributed by atoms with van der Waals surface area (Å²) >= 11 is 0. The van der Waals surface area contributed by atoms with Gasteiger partial charge in [-0.05, 0) is 18.2 Å². The SMILES string of the molecule is NCC#Cc1cccc(C(=O)NCCOCC(F)(F)F)c1. The maximum Gasteiger partial charge on any atom is 0.411 e. The molecule has 0 saturated heterocycles. The number of benzene rings is 1. The zero-order valence-electron chi connectivity index (χ0n) is 11.2. The van der Waals surface area contributed by atoms with Crippen molar-refractivity contribution >= 4 is 5.91 Å². The van der Waals surface area contributed by atoms with Crippen LogP contribution in [0.3, 0.4) is 0 Å². The molecule has 0 aliphatic carbocycles. The molecule has 0 spiro atoms. The number of carbonyl (C=O) groups excluding carboxylic acids is 1. The van der Waals surface area contributed by atoms with Crippen molar-refractivity contribution in [2.75, 3.05) is 26.3 Å². The van der Waals surface area contributed by atoms with Crippen molar-refractivity contribution in [3.05, 3.63) is 35.4 Å². The first-order chi connectivity index (χ1) is 9.92. The minimum atomic E-state index is -4.36. The Morgan fingerprint density at radius 1 is 1.38 bits per heavy atom. The summed E-state index contributed by atoms with van der Waals surface area (Å²) in [6, 6.07) is 6.55. The van der Waals surface area contributed by atoms with Crippen molar-refractivity contribution in [1.29, 1.82) is 0 Å². The summed E-state index contributed by atoms with van der Waals surface area (Å²) in [6.45, 7) is -1.33. The van der Waals surface area contributed by atoms with Gasteiger partial charge in [0.1, 0.15) is 6.61 Å². The average molecular weight is 300 g/mol. The van der Waals surface area contributed by atoms with Gasteiger partial charge in [-0.3, -0.25) is 4.79 Å². The Bertz CT molecular complexity index is 533. The molecule has 0 fully saturated rings. The molecule has 3 N–H and O–H groups in total. The smallest absolute Gasteiger partial charge is 0.370 e. The topological polar surface area (TPSA) is 64.4 Å². The van der Waals surface area contributed by atoms with Crippen LogP contribution < -0.4 is 11.1 Å². The van der Waals surface area contributed by atoms with Gasteiger partial charge in [-0.25, -0.2) is 0 Å². The van der Waals surface area contributed by atoms with Crippen LogP contribution in [-0.4, -0.2) is 38.4 Å². The number of hydrogen-bond acceptors (Lipinski definition) is 3. The number of alkyl halides is 3. The molecule has 0 aliphatic heterocycles. The molecule has 1 rings (SSSR count). The van der Waals surface area contributed by atoms with Crippen molar-refractivity contribution in [3.8, 4) is 11.8 Å². The third-order valence-corrected chi connectivity index (χ3v) is 2.26. The van der Waals surface area contributed by atoms with E-state index < -0.39 is 18.7 Å². The molecule has 0 atom stereocenters. The Balaban J connectivity index is 2.42. The summed E-state index contributed by atoms with van der Waals surface area (Å²) in [4.78, 5) is 11.8. The van der Waals surface area contributed by atoms with Crippen LogP contribution in [0.15, 0.2) is 24.3 Å². The fourth-order valence-corrected chi connectivity index (χ4v) is 1.42. The first-order valence-corrected chi connectivity index (χ1v) is 6.14. The van der Waals surface area contributed by atoms with Crippen LogP contribution in [0.1, 0.15) is 15.9 Å². The average Bonchev–Trinajstić information content (AvgIpc) is 2.43. The Labute approximate surface area is 120 Å². The molecule has 1 aromatic rings. The number of nitrogens with two attached hydrogens (primary N) is 1. The predicted molar refractivity (Wildman–Crippen MR) is 71.6 cm³/mol. The lowest BCUT2D eigenvalue weighted by molar-refractivity contribution is -0.173. The van der Waals surface area contributed by atoms with E-state index in [-0.39, 0.29) is 19.7 Å². The quantitative estimate of drug-likeness (QED) is 0.636. The van der Waals surface area contributed by atoms with Gasteiger partial charge in [0.05, 0.1) is 13.2 Å². The number of hydrogen-bond donors (Lipinski definition) is 2. The molecule has 0 heterocycles. The van der Waals surface area contributed by atoms with Crippen molar-refractivity contribution in [2.24, 2.45) is 5.73 Å². The molecule has 0 aromatic heterocycles. The highest BCUT2D eigenvalue weighted by Crippen LogP contribution is 2.13. The minimum Gasteiger partial charge on any atom is -0.370 e. The number of nitrogens with one attached hydrogen (secondary N) is 1. The largest absolute Gasteiger partial charge is 0.411 e. The van der Waals surface area contributed by atoms with Gasteiger partial charge < -0.3 is 15.8 Å². The van der Waals surface area contributed by atoms with Crippen LogP contribution in [-0.2, 0) is 4.74 Å². The zero-order valence-corrected chi connectivity index (χ0v) is 11.2. The molecule has 0 aliphatic rings. The highest BCUT2D eigenvalue weighted by Gasteiger charge is 2.27. The van der Waals surface area contributed by atoms with E-state index in [0.717, 1.165) is 0 Å². The fraction of sp³-hybridized carbons (Fsp3) is 0.357. The summed E-state index contributed by atoms with van der Waals surface area (Å²) in [6.07, 6.45) is -4.36. The van der Waals surface area contributed by atoms with E-state index in [1.165, 1.54) is 0 Å². The first-order valence-electron chi connectivity index (χ1n) is 6.14. The van der Waals surface area contributed by atoms with Gasteiger partial charge in [-0.2, -0.15) is 13.2 Å². The predicted octanol–water partition coefficient (Wildman–Crippen LogP) is 1.31. The third-order valence-electron chi connectivity index (χ3n) is 2.26. The van der Waals surface area contributed by atoms with Crippen LogP contribution in [0.4, 0.5) is 13.2 Å². The highest BCUT2D eigenvalue weighted by molar-refractivity contribution is 5.94. The second-order valence-electron chi connectivity index (χ2n) is 4.01. The molecule has 0 saturated carbocycles. The van der Waals surface area contributed by atoms with Crippen molar-refractivity contribution in [3.63, 3.8) is 0 Å². The number of ether oxygens (including phenoxy) is 1. The van der Waals surface area contributed by atoms with Gasteiger partial charge in [0, 0.05) is 17.7 Å². The van der Waals surface area contributed by atoms with E-state index >= 15 is 0 Å². The van der Waals surface area contributed by atoms with Crippen LogP contribution >= 0.6 is 0 Å². The summed E-state index contributed by atoms with van der Waals surface area (Å²) < 4.78 is 39.8. The molecule has 7 heteroatoms.